The van der Waals surface area contributed by atoms with Crippen molar-refractivity contribution in [2.75, 3.05) is 11.9 Å². The quantitative estimate of drug-likeness (QED) is 0.743. The van der Waals surface area contributed by atoms with E-state index in [0.29, 0.717) is 18.6 Å². The number of carboxylic acid groups (broad SMARTS) is 1. The Morgan fingerprint density at radius 1 is 1.45 bits per heavy atom. The summed E-state index contributed by atoms with van der Waals surface area (Å²) in [7, 11) is 0. The third-order valence-corrected chi connectivity index (χ3v) is 3.33. The highest BCUT2D eigenvalue weighted by Crippen LogP contribution is 2.25. The number of hydrogen-bond donors (Lipinski definition) is 2. The van der Waals surface area contributed by atoms with Gasteiger partial charge >= 0.3 is 11.9 Å². The van der Waals surface area contributed by atoms with Gasteiger partial charge in [0, 0.05) is 22.6 Å². The number of esters is 1. The SMILES string of the molecule is CCOC(=O)c1ccc(NC(C)CCC(=O)O)c(Br)c1. The third kappa shape index (κ3) is 5.21. The van der Waals surface area contributed by atoms with Gasteiger partial charge in [-0.25, -0.2) is 4.79 Å². The predicted molar refractivity (Wildman–Crippen MR) is 80.1 cm³/mol. The number of anilines is 1. The molecule has 0 amide bonds. The molecule has 1 rings (SSSR count). The number of ether oxygens (including phenoxy) is 1. The molecule has 110 valence electrons. The van der Waals surface area contributed by atoms with E-state index in [9.17, 15) is 9.59 Å². The largest absolute Gasteiger partial charge is 0.481 e. The van der Waals surface area contributed by atoms with Gasteiger partial charge in [-0.15, -0.1) is 0 Å². The van der Waals surface area contributed by atoms with Crippen molar-refractivity contribution in [3.8, 4) is 0 Å². The maximum absolute atomic E-state index is 11.6. The summed E-state index contributed by atoms with van der Waals surface area (Å²) in [5.41, 5.74) is 1.29. The number of aliphatic carboxylic acids is 1. The van der Waals surface area contributed by atoms with Crippen molar-refractivity contribution in [1.82, 2.24) is 0 Å². The molecule has 0 saturated heterocycles. The molecule has 1 unspecified atom stereocenters. The summed E-state index contributed by atoms with van der Waals surface area (Å²) in [5, 5.41) is 11.8. The van der Waals surface area contributed by atoms with Gasteiger partial charge < -0.3 is 15.2 Å². The number of carboxylic acids is 1. The second-order valence-corrected chi connectivity index (χ2v) is 5.25. The lowest BCUT2D eigenvalue weighted by molar-refractivity contribution is -0.137. The fourth-order valence-electron chi connectivity index (χ4n) is 1.65. The van der Waals surface area contributed by atoms with Crippen LogP contribution in [0.4, 0.5) is 5.69 Å². The van der Waals surface area contributed by atoms with E-state index in [-0.39, 0.29) is 18.4 Å². The first-order valence-corrected chi connectivity index (χ1v) is 7.18. The molecule has 20 heavy (non-hydrogen) atoms. The van der Waals surface area contributed by atoms with Crippen molar-refractivity contribution < 1.29 is 19.4 Å². The van der Waals surface area contributed by atoms with Gasteiger partial charge in [-0.2, -0.15) is 0 Å². The average molecular weight is 344 g/mol. The number of benzene rings is 1. The normalized spacial score (nSPS) is 11.8. The molecule has 0 aliphatic carbocycles. The van der Waals surface area contributed by atoms with Crippen molar-refractivity contribution in [2.45, 2.75) is 32.7 Å². The standard InChI is InChI=1S/C14H18BrNO4/c1-3-20-14(19)10-5-6-12(11(15)8-10)16-9(2)4-7-13(17)18/h5-6,8-9,16H,3-4,7H2,1-2H3,(H,17,18). The molecule has 1 atom stereocenters. The molecular weight excluding hydrogens is 326 g/mol. The molecule has 0 heterocycles. The van der Waals surface area contributed by atoms with Crippen LogP contribution in [-0.2, 0) is 9.53 Å². The zero-order chi connectivity index (χ0) is 15.1. The predicted octanol–water partition coefficient (Wildman–Crippen LogP) is 3.29. The van der Waals surface area contributed by atoms with E-state index in [1.807, 2.05) is 6.92 Å². The lowest BCUT2D eigenvalue weighted by atomic mass is 10.1. The molecular formula is C14H18BrNO4. The van der Waals surface area contributed by atoms with Gasteiger partial charge in [0.2, 0.25) is 0 Å². The molecule has 5 nitrogen and oxygen atoms in total. The van der Waals surface area contributed by atoms with Crippen LogP contribution >= 0.6 is 15.9 Å². The lowest BCUT2D eigenvalue weighted by Gasteiger charge is -2.16. The fraction of sp³-hybridized carbons (Fsp3) is 0.429. The van der Waals surface area contributed by atoms with E-state index < -0.39 is 5.97 Å². The Labute approximate surface area is 126 Å². The summed E-state index contributed by atoms with van der Waals surface area (Å²) in [4.78, 5) is 22.1. The van der Waals surface area contributed by atoms with Crippen LogP contribution in [0.1, 0.15) is 37.0 Å². The zero-order valence-electron chi connectivity index (χ0n) is 11.5. The van der Waals surface area contributed by atoms with Crippen LogP contribution in [0.2, 0.25) is 0 Å². The molecule has 0 aliphatic heterocycles. The summed E-state index contributed by atoms with van der Waals surface area (Å²) < 4.78 is 5.66. The molecule has 1 aromatic rings. The minimum Gasteiger partial charge on any atom is -0.481 e. The Bertz CT molecular complexity index is 490. The van der Waals surface area contributed by atoms with Crippen molar-refractivity contribution in [3.63, 3.8) is 0 Å². The van der Waals surface area contributed by atoms with Crippen molar-refractivity contribution in [2.24, 2.45) is 0 Å². The number of carbonyl (C=O) groups is 2. The summed E-state index contributed by atoms with van der Waals surface area (Å²) in [6.07, 6.45) is 0.647. The molecule has 0 saturated carbocycles. The number of hydrogen-bond acceptors (Lipinski definition) is 4. The number of halogens is 1. The van der Waals surface area contributed by atoms with Crippen LogP contribution in [0.5, 0.6) is 0 Å². The minimum atomic E-state index is -0.810. The van der Waals surface area contributed by atoms with Gasteiger partial charge in [0.15, 0.2) is 0 Å². The van der Waals surface area contributed by atoms with Crippen LogP contribution in [0.3, 0.4) is 0 Å². The first-order valence-electron chi connectivity index (χ1n) is 6.39. The highest BCUT2D eigenvalue weighted by molar-refractivity contribution is 9.10. The topological polar surface area (TPSA) is 75.6 Å². The van der Waals surface area contributed by atoms with Crippen LogP contribution in [-0.4, -0.2) is 29.7 Å². The van der Waals surface area contributed by atoms with Gasteiger partial charge in [0.1, 0.15) is 0 Å². The summed E-state index contributed by atoms with van der Waals surface area (Å²) in [6, 6.07) is 5.16. The zero-order valence-corrected chi connectivity index (χ0v) is 13.1. The Morgan fingerprint density at radius 3 is 2.70 bits per heavy atom. The van der Waals surface area contributed by atoms with E-state index in [2.05, 4.69) is 21.2 Å². The maximum atomic E-state index is 11.6. The van der Waals surface area contributed by atoms with Gasteiger partial charge in [0.05, 0.1) is 12.2 Å². The van der Waals surface area contributed by atoms with Crippen molar-refractivity contribution in [1.29, 1.82) is 0 Å². The highest BCUT2D eigenvalue weighted by atomic mass is 79.9. The Balaban J connectivity index is 2.68. The average Bonchev–Trinajstić information content (AvgIpc) is 2.39. The fourth-order valence-corrected chi connectivity index (χ4v) is 2.14. The molecule has 0 spiro atoms. The summed E-state index contributed by atoms with van der Waals surface area (Å²) in [6.45, 7) is 4.00. The minimum absolute atomic E-state index is 0.0239. The van der Waals surface area contributed by atoms with Crippen LogP contribution in [0.15, 0.2) is 22.7 Å². The summed E-state index contributed by atoms with van der Waals surface area (Å²) in [5.74, 6) is -1.17. The van der Waals surface area contributed by atoms with Crippen LogP contribution < -0.4 is 5.32 Å². The number of rotatable bonds is 7. The highest BCUT2D eigenvalue weighted by Gasteiger charge is 2.11. The van der Waals surface area contributed by atoms with Crippen LogP contribution in [0.25, 0.3) is 0 Å². The van der Waals surface area contributed by atoms with E-state index in [1.165, 1.54) is 0 Å². The van der Waals surface area contributed by atoms with E-state index in [1.54, 1.807) is 25.1 Å². The van der Waals surface area contributed by atoms with Crippen molar-refractivity contribution >= 4 is 33.6 Å². The molecule has 6 heteroatoms. The second-order valence-electron chi connectivity index (χ2n) is 4.39. The maximum Gasteiger partial charge on any atom is 0.338 e. The molecule has 0 radical (unpaired) electrons. The number of nitrogens with one attached hydrogen (secondary N) is 1. The molecule has 1 aromatic carbocycles. The van der Waals surface area contributed by atoms with E-state index in [0.717, 1.165) is 10.2 Å². The van der Waals surface area contributed by atoms with E-state index >= 15 is 0 Å². The first kappa shape index (κ1) is 16.5. The van der Waals surface area contributed by atoms with Crippen LogP contribution in [0, 0.1) is 0 Å². The number of carbonyl (C=O) groups excluding carboxylic acids is 1. The Hall–Kier alpha value is -1.56. The third-order valence-electron chi connectivity index (χ3n) is 2.67. The molecule has 0 fully saturated rings. The van der Waals surface area contributed by atoms with Gasteiger partial charge in [0.25, 0.3) is 0 Å². The second kappa shape index (κ2) is 7.89. The molecule has 0 aliphatic rings. The smallest absolute Gasteiger partial charge is 0.338 e. The Morgan fingerprint density at radius 2 is 2.15 bits per heavy atom. The van der Waals surface area contributed by atoms with Gasteiger partial charge in [-0.1, -0.05) is 0 Å². The Kier molecular flexibility index (Phi) is 6.51. The summed E-state index contributed by atoms with van der Waals surface area (Å²) >= 11 is 3.39. The van der Waals surface area contributed by atoms with Gasteiger partial charge in [-0.05, 0) is 54.4 Å². The monoisotopic (exact) mass is 343 g/mol. The lowest BCUT2D eigenvalue weighted by Crippen LogP contribution is -2.17. The molecule has 0 aromatic heterocycles. The first-order chi connectivity index (χ1) is 9.43. The molecule has 2 N–H and O–H groups in total. The molecule has 0 bridgehead atoms. The van der Waals surface area contributed by atoms with Gasteiger partial charge in [-0.3, -0.25) is 4.79 Å². The van der Waals surface area contributed by atoms with E-state index in [4.69, 9.17) is 9.84 Å². The van der Waals surface area contributed by atoms with Crippen molar-refractivity contribution in [3.05, 3.63) is 28.2 Å².